The largest absolute Gasteiger partial charge is 0.457 e. The molecule has 2 aliphatic heterocycles. The topological polar surface area (TPSA) is 93.8 Å². The minimum absolute atomic E-state index is 0.0351. The van der Waals surface area contributed by atoms with Crippen molar-refractivity contribution in [3.05, 3.63) is 105 Å². The smallest absolute Gasteiger partial charge is 0.293 e. The number of amides is 2. The second kappa shape index (κ2) is 10.7. The summed E-state index contributed by atoms with van der Waals surface area (Å²) in [7, 11) is 0. The number of hydrogen-bond acceptors (Lipinski definition) is 7. The highest BCUT2D eigenvalue weighted by Crippen LogP contribution is 2.40. The van der Waals surface area contributed by atoms with Crippen molar-refractivity contribution in [2.75, 3.05) is 6.79 Å². The number of nitriles is 1. The molecule has 204 valence electrons. The zero-order valence-electron chi connectivity index (χ0n) is 22.0. The fourth-order valence-corrected chi connectivity index (χ4v) is 5.80. The molecule has 41 heavy (non-hydrogen) atoms. The van der Waals surface area contributed by atoms with E-state index in [2.05, 4.69) is 10.6 Å². The Labute approximate surface area is 245 Å². The molecule has 0 saturated carbocycles. The lowest BCUT2D eigenvalue weighted by molar-refractivity contribution is -0.123. The number of fused-ring (bicyclic) bond motifs is 1. The maximum absolute atomic E-state index is 13.2. The van der Waals surface area contributed by atoms with Crippen LogP contribution in [0.25, 0.3) is 11.8 Å². The SMILES string of the molecule is Cc1cc(/C=C2\SC(=O)N(Cc3cc4c(cc3Cl)OCO4)C2=O)c(C)n1-c1ccc(Oc2ccc(C#N)cc2)cc1. The zero-order valence-corrected chi connectivity index (χ0v) is 23.6. The lowest BCUT2D eigenvalue weighted by atomic mass is 10.2. The van der Waals surface area contributed by atoms with Crippen LogP contribution < -0.4 is 14.2 Å². The first-order valence-corrected chi connectivity index (χ1v) is 13.8. The molecule has 0 bridgehead atoms. The van der Waals surface area contributed by atoms with Crippen molar-refractivity contribution >= 4 is 40.6 Å². The van der Waals surface area contributed by atoms with E-state index in [1.165, 1.54) is 4.90 Å². The molecule has 2 aliphatic rings. The number of hydrogen-bond donors (Lipinski definition) is 0. The molecule has 8 nitrogen and oxygen atoms in total. The number of halogens is 1. The summed E-state index contributed by atoms with van der Waals surface area (Å²) in [5.74, 6) is 2.01. The predicted molar refractivity (Wildman–Crippen MR) is 156 cm³/mol. The summed E-state index contributed by atoms with van der Waals surface area (Å²) in [5, 5.41) is 9.00. The first-order chi connectivity index (χ1) is 19.8. The number of aromatic nitrogens is 1. The number of thioether (sulfide) groups is 1. The van der Waals surface area contributed by atoms with Gasteiger partial charge in [0.25, 0.3) is 11.1 Å². The number of ether oxygens (including phenoxy) is 3. The molecule has 2 amide bonds. The number of carbonyl (C=O) groups excluding carboxylic acids is 2. The van der Waals surface area contributed by atoms with Gasteiger partial charge in [-0.2, -0.15) is 5.26 Å². The summed E-state index contributed by atoms with van der Waals surface area (Å²) in [6, 6.07) is 22.0. The molecular weight excluding hydrogens is 562 g/mol. The van der Waals surface area contributed by atoms with E-state index in [-0.39, 0.29) is 24.5 Å². The Balaban J connectivity index is 1.20. The van der Waals surface area contributed by atoms with Gasteiger partial charge in [-0.15, -0.1) is 0 Å². The van der Waals surface area contributed by atoms with Crippen molar-refractivity contribution in [1.29, 1.82) is 5.26 Å². The van der Waals surface area contributed by atoms with Crippen LogP contribution in [0.1, 0.15) is 28.1 Å². The van der Waals surface area contributed by atoms with Crippen molar-refractivity contribution in [2.45, 2.75) is 20.4 Å². The average molecular weight is 584 g/mol. The molecule has 0 unspecified atom stereocenters. The van der Waals surface area contributed by atoms with E-state index in [9.17, 15) is 9.59 Å². The van der Waals surface area contributed by atoms with Gasteiger partial charge < -0.3 is 18.8 Å². The van der Waals surface area contributed by atoms with E-state index < -0.39 is 0 Å². The molecule has 0 atom stereocenters. The van der Waals surface area contributed by atoms with Gasteiger partial charge in [-0.05, 0) is 103 Å². The predicted octanol–water partition coefficient (Wildman–Crippen LogP) is 7.38. The summed E-state index contributed by atoms with van der Waals surface area (Å²) in [5.41, 5.74) is 4.84. The van der Waals surface area contributed by atoms with E-state index in [1.807, 2.05) is 44.2 Å². The third-order valence-electron chi connectivity index (χ3n) is 6.81. The third kappa shape index (κ3) is 5.15. The standard InChI is InChI=1S/C31H22ClN3O5S/c1-18-11-21(19(2)35(18)23-5-9-25(10-6-23)40-24-7-3-20(15-33)4-8-24)13-29-30(36)34(31(37)41-29)16-22-12-27-28(14-26(22)32)39-17-38-27/h3-14H,16-17H2,1-2H3/b29-13-. The van der Waals surface area contributed by atoms with Crippen molar-refractivity contribution in [3.63, 3.8) is 0 Å². The van der Waals surface area contributed by atoms with Gasteiger partial charge in [-0.25, -0.2) is 0 Å². The number of nitrogens with zero attached hydrogens (tertiary/aromatic N) is 3. The molecule has 1 fully saturated rings. The Kier molecular flexibility index (Phi) is 6.95. The van der Waals surface area contributed by atoms with E-state index in [4.69, 9.17) is 31.1 Å². The molecular formula is C31H22ClN3O5S. The van der Waals surface area contributed by atoms with Crippen LogP contribution in [-0.2, 0) is 11.3 Å². The van der Waals surface area contributed by atoms with E-state index >= 15 is 0 Å². The first-order valence-electron chi connectivity index (χ1n) is 12.6. The van der Waals surface area contributed by atoms with Crippen LogP contribution in [0.5, 0.6) is 23.0 Å². The van der Waals surface area contributed by atoms with Crippen LogP contribution in [0, 0.1) is 25.2 Å². The zero-order chi connectivity index (χ0) is 28.7. The van der Waals surface area contributed by atoms with Gasteiger partial charge in [0.05, 0.1) is 23.1 Å². The van der Waals surface area contributed by atoms with Crippen LogP contribution in [0.2, 0.25) is 5.02 Å². The highest BCUT2D eigenvalue weighted by atomic mass is 35.5. The van der Waals surface area contributed by atoms with Crippen molar-refractivity contribution < 1.29 is 23.8 Å². The van der Waals surface area contributed by atoms with E-state index in [1.54, 1.807) is 42.5 Å². The molecule has 3 aromatic carbocycles. The van der Waals surface area contributed by atoms with Crippen LogP contribution in [0.3, 0.4) is 0 Å². The summed E-state index contributed by atoms with van der Waals surface area (Å²) in [6.45, 7) is 4.09. The Morgan fingerprint density at radius 3 is 2.34 bits per heavy atom. The summed E-state index contributed by atoms with van der Waals surface area (Å²) in [4.78, 5) is 27.6. The number of carbonyl (C=O) groups is 2. The van der Waals surface area contributed by atoms with Crippen LogP contribution in [0.4, 0.5) is 4.79 Å². The van der Waals surface area contributed by atoms with Gasteiger partial charge in [0, 0.05) is 28.2 Å². The lowest BCUT2D eigenvalue weighted by Gasteiger charge is -2.14. The van der Waals surface area contributed by atoms with E-state index in [0.29, 0.717) is 44.1 Å². The van der Waals surface area contributed by atoms with E-state index in [0.717, 1.165) is 34.4 Å². The van der Waals surface area contributed by atoms with Gasteiger partial charge >= 0.3 is 0 Å². The third-order valence-corrected chi connectivity index (χ3v) is 8.07. The quantitative estimate of drug-likeness (QED) is 0.219. The normalized spacial score (nSPS) is 15.1. The molecule has 10 heteroatoms. The maximum Gasteiger partial charge on any atom is 0.293 e. The van der Waals surface area contributed by atoms with Gasteiger partial charge in [0.2, 0.25) is 6.79 Å². The Morgan fingerprint density at radius 1 is 1.00 bits per heavy atom. The van der Waals surface area contributed by atoms with Crippen molar-refractivity contribution in [2.24, 2.45) is 0 Å². The monoisotopic (exact) mass is 583 g/mol. The van der Waals surface area contributed by atoms with Gasteiger partial charge in [0.1, 0.15) is 11.5 Å². The van der Waals surface area contributed by atoms with Crippen LogP contribution in [-0.4, -0.2) is 27.4 Å². The Morgan fingerprint density at radius 2 is 1.66 bits per heavy atom. The molecule has 1 aromatic heterocycles. The maximum atomic E-state index is 13.2. The minimum atomic E-state index is -0.372. The second-order valence-corrected chi connectivity index (χ2v) is 10.9. The first kappa shape index (κ1) is 26.6. The molecule has 1 saturated heterocycles. The van der Waals surface area contributed by atoms with Gasteiger partial charge in [-0.3, -0.25) is 14.5 Å². The number of rotatable bonds is 6. The van der Waals surface area contributed by atoms with Crippen molar-refractivity contribution in [1.82, 2.24) is 9.47 Å². The molecule has 3 heterocycles. The molecule has 0 spiro atoms. The fraction of sp³-hybridized carbons (Fsp3) is 0.129. The minimum Gasteiger partial charge on any atom is -0.457 e. The molecule has 4 aromatic rings. The van der Waals surface area contributed by atoms with Gasteiger partial charge in [0.15, 0.2) is 11.5 Å². The number of benzene rings is 3. The second-order valence-electron chi connectivity index (χ2n) is 9.46. The summed E-state index contributed by atoms with van der Waals surface area (Å²) >= 11 is 7.29. The Bertz CT molecular complexity index is 1770. The average Bonchev–Trinajstić information content (AvgIpc) is 3.61. The summed E-state index contributed by atoms with van der Waals surface area (Å²) in [6.07, 6.45) is 1.76. The number of aryl methyl sites for hydroxylation is 1. The Hall–Kier alpha value is -4.65. The molecule has 6 rings (SSSR count). The lowest BCUT2D eigenvalue weighted by Crippen LogP contribution is -2.27. The van der Waals surface area contributed by atoms with Gasteiger partial charge in [-0.1, -0.05) is 11.6 Å². The molecule has 0 N–H and O–H groups in total. The summed E-state index contributed by atoms with van der Waals surface area (Å²) < 4.78 is 18.7. The highest BCUT2D eigenvalue weighted by Gasteiger charge is 2.36. The van der Waals surface area contributed by atoms with Crippen LogP contribution >= 0.6 is 23.4 Å². The fourth-order valence-electron chi connectivity index (χ4n) is 4.76. The highest BCUT2D eigenvalue weighted by molar-refractivity contribution is 8.18. The molecule has 0 aliphatic carbocycles. The molecule has 0 radical (unpaired) electrons. The number of imide groups is 1. The van der Waals surface area contributed by atoms with Crippen molar-refractivity contribution in [3.8, 4) is 34.8 Å². The van der Waals surface area contributed by atoms with Crippen LogP contribution in [0.15, 0.2) is 71.6 Å².